The Bertz CT molecular complexity index is 1560. The Hall–Kier alpha value is -5.28. The molecular weight excluding hydrogens is 608 g/mol. The molecule has 3 rings (SSSR count). The Morgan fingerprint density at radius 2 is 1.06 bits per heavy atom. The van der Waals surface area contributed by atoms with Gasteiger partial charge in [-0.25, -0.2) is 9.59 Å². The molecule has 2 atom stereocenters. The number of hydrogen-bond acceptors (Lipinski definition) is 6. The zero-order valence-electron chi connectivity index (χ0n) is 27.8. The third kappa shape index (κ3) is 13.6. The second-order valence-corrected chi connectivity index (χ2v) is 10.7. The third-order valence-corrected chi connectivity index (χ3v) is 6.93. The second-order valence-electron chi connectivity index (χ2n) is 10.7. The van der Waals surface area contributed by atoms with E-state index >= 15 is 0 Å². The van der Waals surface area contributed by atoms with E-state index in [1.54, 1.807) is 13.8 Å². The van der Waals surface area contributed by atoms with Crippen molar-refractivity contribution >= 4 is 11.9 Å². The van der Waals surface area contributed by atoms with Crippen LogP contribution in [0.3, 0.4) is 0 Å². The van der Waals surface area contributed by atoms with Crippen molar-refractivity contribution in [1.82, 2.24) is 0 Å². The van der Waals surface area contributed by atoms with Gasteiger partial charge in [0.1, 0.15) is 24.7 Å². The van der Waals surface area contributed by atoms with Gasteiger partial charge >= 0.3 is 11.9 Å². The van der Waals surface area contributed by atoms with E-state index in [0.717, 1.165) is 33.4 Å². The molecule has 0 spiro atoms. The van der Waals surface area contributed by atoms with Crippen LogP contribution in [0.5, 0.6) is 11.5 Å². The fourth-order valence-corrected chi connectivity index (χ4v) is 4.35. The lowest BCUT2D eigenvalue weighted by atomic mass is 10.1. The van der Waals surface area contributed by atoms with Crippen molar-refractivity contribution in [3.8, 4) is 35.2 Å². The summed E-state index contributed by atoms with van der Waals surface area (Å²) in [5.41, 5.74) is 5.16. The second kappa shape index (κ2) is 20.1. The van der Waals surface area contributed by atoms with Crippen molar-refractivity contribution < 1.29 is 38.7 Å². The maximum Gasteiger partial charge on any atom is 0.333 e. The van der Waals surface area contributed by atoms with E-state index in [1.165, 1.54) is 0 Å². The van der Waals surface area contributed by atoms with Crippen molar-refractivity contribution in [2.75, 3.05) is 26.4 Å². The average Bonchev–Trinajstić information content (AvgIpc) is 3.07. The first kappa shape index (κ1) is 37.2. The van der Waals surface area contributed by atoms with Crippen LogP contribution in [0.4, 0.5) is 0 Å². The maximum absolute atomic E-state index is 11.3. The Morgan fingerprint density at radius 3 is 1.42 bits per heavy atom. The maximum atomic E-state index is 11.3. The first-order chi connectivity index (χ1) is 23.2. The van der Waals surface area contributed by atoms with Crippen molar-refractivity contribution in [3.05, 3.63) is 118 Å². The predicted molar refractivity (Wildman–Crippen MR) is 185 cm³/mol. The highest BCUT2D eigenvalue weighted by molar-refractivity contribution is 5.73. The molecule has 0 amide bonds. The first-order valence-electron chi connectivity index (χ1n) is 15.8. The van der Waals surface area contributed by atoms with Crippen molar-refractivity contribution in [1.29, 1.82) is 0 Å². The molecule has 0 aromatic heterocycles. The van der Waals surface area contributed by atoms with Gasteiger partial charge in [0.15, 0.2) is 12.2 Å². The van der Waals surface area contributed by atoms with Gasteiger partial charge in [-0.3, -0.25) is 0 Å². The lowest BCUT2D eigenvalue weighted by Crippen LogP contribution is -2.26. The molecule has 3 aromatic rings. The van der Waals surface area contributed by atoms with Crippen LogP contribution in [0.25, 0.3) is 0 Å². The summed E-state index contributed by atoms with van der Waals surface area (Å²) in [6, 6.07) is 22.4. The zero-order valence-corrected chi connectivity index (χ0v) is 27.8. The molecule has 250 valence electrons. The number of aliphatic carboxylic acids is 2. The molecule has 3 aromatic carbocycles. The number of carbonyl (C=O) groups is 2. The van der Waals surface area contributed by atoms with E-state index in [9.17, 15) is 19.8 Å². The van der Waals surface area contributed by atoms with Crippen molar-refractivity contribution in [2.45, 2.75) is 52.7 Å². The van der Waals surface area contributed by atoms with E-state index in [1.807, 2.05) is 98.8 Å². The zero-order chi connectivity index (χ0) is 34.7. The molecule has 8 heteroatoms. The van der Waals surface area contributed by atoms with Gasteiger partial charge in [0.05, 0.1) is 0 Å². The van der Waals surface area contributed by atoms with Crippen LogP contribution >= 0.6 is 0 Å². The standard InChI is InChI=1S/C40H42O8/c1-5-45-37(39(41)42)27-33-14-18-35(19-15-33)47-24-22-29(3)10-12-31-8-7-9-32(26-31)13-11-30(4)23-25-48-36-20-16-34(17-21-36)28-38(40(43)44)46-6-2/h7-9,14-23,26,37-38H,5-6,24-25,27-28H2,1-4H3,(H,41,42)(H,43,44)/b29-22+,30-23+. The summed E-state index contributed by atoms with van der Waals surface area (Å²) >= 11 is 0. The lowest BCUT2D eigenvalue weighted by molar-refractivity contribution is -0.150. The van der Waals surface area contributed by atoms with Gasteiger partial charge in [0, 0.05) is 37.2 Å². The number of benzene rings is 3. The molecular formula is C40H42O8. The third-order valence-electron chi connectivity index (χ3n) is 6.93. The number of rotatable bonds is 16. The van der Waals surface area contributed by atoms with Gasteiger partial charge < -0.3 is 29.2 Å². The minimum absolute atomic E-state index is 0.295. The molecule has 0 fully saturated rings. The monoisotopic (exact) mass is 650 g/mol. The van der Waals surface area contributed by atoms with Crippen LogP contribution < -0.4 is 9.47 Å². The summed E-state index contributed by atoms with van der Waals surface area (Å²) < 4.78 is 22.1. The molecule has 0 aliphatic carbocycles. The van der Waals surface area contributed by atoms with Crippen LogP contribution in [0.2, 0.25) is 0 Å². The smallest absolute Gasteiger partial charge is 0.333 e. The Kier molecular flexibility index (Phi) is 15.5. The largest absolute Gasteiger partial charge is 0.490 e. The molecule has 2 N–H and O–H groups in total. The van der Waals surface area contributed by atoms with Crippen molar-refractivity contribution in [2.24, 2.45) is 0 Å². The van der Waals surface area contributed by atoms with E-state index in [2.05, 4.69) is 23.7 Å². The van der Waals surface area contributed by atoms with E-state index in [-0.39, 0.29) is 0 Å². The Morgan fingerprint density at radius 1 is 0.667 bits per heavy atom. The first-order valence-corrected chi connectivity index (χ1v) is 15.8. The average molecular weight is 651 g/mol. The highest BCUT2D eigenvalue weighted by atomic mass is 16.5. The van der Waals surface area contributed by atoms with Crippen molar-refractivity contribution in [3.63, 3.8) is 0 Å². The van der Waals surface area contributed by atoms with Crippen LogP contribution in [-0.2, 0) is 31.9 Å². The molecule has 8 nitrogen and oxygen atoms in total. The molecule has 2 unspecified atom stereocenters. The lowest BCUT2D eigenvalue weighted by Gasteiger charge is -2.12. The highest BCUT2D eigenvalue weighted by Gasteiger charge is 2.18. The van der Waals surface area contributed by atoms with Gasteiger partial charge in [0.25, 0.3) is 0 Å². The molecule has 0 bridgehead atoms. The van der Waals surface area contributed by atoms with Gasteiger partial charge in [0.2, 0.25) is 0 Å². The summed E-state index contributed by atoms with van der Waals surface area (Å²) in [4.78, 5) is 22.6. The predicted octanol–water partition coefficient (Wildman–Crippen LogP) is 6.50. The highest BCUT2D eigenvalue weighted by Crippen LogP contribution is 2.16. The molecule has 0 saturated heterocycles. The van der Waals surface area contributed by atoms with Gasteiger partial charge in [-0.15, -0.1) is 0 Å². The quantitative estimate of drug-likeness (QED) is 0.169. The molecule has 0 saturated carbocycles. The molecule has 0 radical (unpaired) electrons. The number of hydrogen-bond donors (Lipinski definition) is 2. The summed E-state index contributed by atoms with van der Waals surface area (Å²) in [5.74, 6) is 12.1. The van der Waals surface area contributed by atoms with Crippen LogP contribution in [-0.4, -0.2) is 60.8 Å². The van der Waals surface area contributed by atoms with E-state index in [4.69, 9.17) is 18.9 Å². The summed E-state index contributed by atoms with van der Waals surface area (Å²) in [7, 11) is 0. The van der Waals surface area contributed by atoms with E-state index < -0.39 is 24.1 Å². The van der Waals surface area contributed by atoms with Gasteiger partial charge in [-0.2, -0.15) is 0 Å². The van der Waals surface area contributed by atoms with E-state index in [0.29, 0.717) is 50.8 Å². The normalized spacial score (nSPS) is 12.5. The topological polar surface area (TPSA) is 112 Å². The molecule has 0 heterocycles. The molecule has 0 aliphatic rings. The fraction of sp³-hybridized carbons (Fsp3) is 0.300. The Balaban J connectivity index is 1.47. The van der Waals surface area contributed by atoms with Crippen LogP contribution in [0.15, 0.2) is 96.1 Å². The van der Waals surface area contributed by atoms with Gasteiger partial charge in [-0.05, 0) is 105 Å². The summed E-state index contributed by atoms with van der Waals surface area (Å²) in [6.45, 7) is 8.78. The minimum atomic E-state index is -0.974. The summed E-state index contributed by atoms with van der Waals surface area (Å²) in [6.07, 6.45) is 2.67. The van der Waals surface area contributed by atoms with Gasteiger partial charge in [-0.1, -0.05) is 54.0 Å². The Labute approximate surface area is 283 Å². The number of carboxylic acids is 2. The molecule has 0 aliphatic heterocycles. The summed E-state index contributed by atoms with van der Waals surface area (Å²) in [5, 5.41) is 18.5. The minimum Gasteiger partial charge on any atom is -0.490 e. The number of carboxylic acid groups (broad SMARTS) is 2. The number of ether oxygens (including phenoxy) is 4. The van der Waals surface area contributed by atoms with Crippen LogP contribution in [0, 0.1) is 23.7 Å². The fourth-order valence-electron chi connectivity index (χ4n) is 4.35. The number of allylic oxidation sites excluding steroid dienone is 2. The van der Waals surface area contributed by atoms with Crippen LogP contribution in [0.1, 0.15) is 49.9 Å². The molecule has 48 heavy (non-hydrogen) atoms. The SMILES string of the molecule is CCOC(Cc1ccc(OC/C=C(\C)C#Cc2cccc(C#C/C(C)=C/COc3ccc(CC(OCC)C(=O)O)cc3)c2)cc1)C(=O)O.